The molecule has 4 nitrogen and oxygen atoms in total. The van der Waals surface area contributed by atoms with Crippen molar-refractivity contribution in [2.24, 2.45) is 5.92 Å². The van der Waals surface area contributed by atoms with E-state index in [2.05, 4.69) is 0 Å². The molecule has 1 aromatic rings. The van der Waals surface area contributed by atoms with E-state index in [-0.39, 0.29) is 11.2 Å². The van der Waals surface area contributed by atoms with Gasteiger partial charge in [-0.1, -0.05) is 13.8 Å². The van der Waals surface area contributed by atoms with E-state index in [1.165, 1.54) is 15.2 Å². The Labute approximate surface area is 82.8 Å². The highest BCUT2D eigenvalue weighted by Crippen LogP contribution is 1.92. The van der Waals surface area contributed by atoms with Crippen LogP contribution in [0.2, 0.25) is 0 Å². The van der Waals surface area contributed by atoms with E-state index >= 15 is 0 Å². The van der Waals surface area contributed by atoms with Crippen molar-refractivity contribution < 1.29 is 0 Å². The van der Waals surface area contributed by atoms with Gasteiger partial charge in [-0.2, -0.15) is 0 Å². The number of rotatable bonds is 3. The van der Waals surface area contributed by atoms with Crippen LogP contribution in [0.25, 0.3) is 0 Å². The average Bonchev–Trinajstić information content (AvgIpc) is 2.12. The van der Waals surface area contributed by atoms with E-state index in [9.17, 15) is 9.59 Å². The molecule has 1 aromatic heterocycles. The number of hydrogen-bond acceptors (Lipinski definition) is 2. The van der Waals surface area contributed by atoms with Gasteiger partial charge < -0.3 is 4.57 Å². The van der Waals surface area contributed by atoms with Crippen molar-refractivity contribution in [1.29, 1.82) is 0 Å². The van der Waals surface area contributed by atoms with E-state index in [4.69, 9.17) is 0 Å². The molecule has 0 amide bonds. The largest absolute Gasteiger partial charge is 0.330 e. The van der Waals surface area contributed by atoms with Gasteiger partial charge in [0.05, 0.1) is 0 Å². The van der Waals surface area contributed by atoms with Crippen molar-refractivity contribution in [2.75, 3.05) is 0 Å². The normalized spacial score (nSPS) is 10.9. The summed E-state index contributed by atoms with van der Waals surface area (Å²) < 4.78 is 2.82. The fourth-order valence-corrected chi connectivity index (χ4v) is 1.33. The lowest BCUT2D eigenvalue weighted by Crippen LogP contribution is -2.39. The van der Waals surface area contributed by atoms with Crippen LogP contribution in [0.4, 0.5) is 0 Å². The summed E-state index contributed by atoms with van der Waals surface area (Å²) in [6, 6.07) is 1.44. The Hall–Kier alpha value is -1.32. The van der Waals surface area contributed by atoms with Crippen molar-refractivity contribution in [2.45, 2.75) is 33.9 Å². The van der Waals surface area contributed by atoms with Crippen LogP contribution in [0.3, 0.4) is 0 Å². The Morgan fingerprint density at radius 2 is 2.00 bits per heavy atom. The molecule has 0 aliphatic rings. The number of aromatic nitrogens is 2. The van der Waals surface area contributed by atoms with Crippen molar-refractivity contribution in [1.82, 2.24) is 9.13 Å². The lowest BCUT2D eigenvalue weighted by atomic mass is 10.2. The molecule has 0 N–H and O–H groups in total. The molecule has 14 heavy (non-hydrogen) atoms. The molecule has 0 aliphatic carbocycles. The Kier molecular flexibility index (Phi) is 3.28. The van der Waals surface area contributed by atoms with Crippen LogP contribution in [0.1, 0.15) is 20.8 Å². The predicted octanol–water partition coefficient (Wildman–Crippen LogP) is 0.686. The zero-order valence-corrected chi connectivity index (χ0v) is 8.86. The molecule has 0 spiro atoms. The molecule has 78 valence electrons. The highest BCUT2D eigenvalue weighted by atomic mass is 16.2. The van der Waals surface area contributed by atoms with Gasteiger partial charge in [0.25, 0.3) is 5.56 Å². The molecule has 0 atom stereocenters. The summed E-state index contributed by atoms with van der Waals surface area (Å²) in [6.45, 7) is 6.92. The minimum atomic E-state index is -0.214. The van der Waals surface area contributed by atoms with Crippen LogP contribution in [0, 0.1) is 5.92 Å². The fourth-order valence-electron chi connectivity index (χ4n) is 1.33. The second-order valence-corrected chi connectivity index (χ2v) is 3.73. The van der Waals surface area contributed by atoms with Crippen molar-refractivity contribution >= 4 is 0 Å². The molecule has 0 aliphatic heterocycles. The maximum atomic E-state index is 11.7. The molecule has 0 saturated heterocycles. The zero-order valence-electron chi connectivity index (χ0n) is 8.86. The van der Waals surface area contributed by atoms with E-state index in [1.807, 2.05) is 20.8 Å². The van der Waals surface area contributed by atoms with E-state index in [0.717, 1.165) is 0 Å². The fraction of sp³-hybridized carbons (Fsp3) is 0.600. The second kappa shape index (κ2) is 4.26. The van der Waals surface area contributed by atoms with Gasteiger partial charge in [0.15, 0.2) is 0 Å². The van der Waals surface area contributed by atoms with Crippen LogP contribution < -0.4 is 11.2 Å². The number of aryl methyl sites for hydroxylation is 1. The summed E-state index contributed by atoms with van der Waals surface area (Å²) in [5, 5.41) is 0. The number of hydrogen-bond donors (Lipinski definition) is 0. The Morgan fingerprint density at radius 1 is 1.36 bits per heavy atom. The smallest absolute Gasteiger partial charge is 0.301 e. The molecular weight excluding hydrogens is 180 g/mol. The third kappa shape index (κ3) is 2.13. The molecule has 0 bridgehead atoms. The number of nitrogens with zero attached hydrogens (tertiary/aromatic N) is 2. The van der Waals surface area contributed by atoms with E-state index < -0.39 is 0 Å². The van der Waals surface area contributed by atoms with E-state index in [0.29, 0.717) is 19.0 Å². The van der Waals surface area contributed by atoms with Crippen LogP contribution >= 0.6 is 0 Å². The van der Waals surface area contributed by atoms with Crippen LogP contribution in [-0.4, -0.2) is 9.13 Å². The summed E-state index contributed by atoms with van der Waals surface area (Å²) in [5.74, 6) is 0.299. The first-order valence-corrected chi connectivity index (χ1v) is 4.86. The lowest BCUT2D eigenvalue weighted by Gasteiger charge is -2.09. The van der Waals surface area contributed by atoms with Gasteiger partial charge in [-0.3, -0.25) is 9.36 Å². The first-order valence-electron chi connectivity index (χ1n) is 4.86. The second-order valence-electron chi connectivity index (χ2n) is 3.73. The summed E-state index contributed by atoms with van der Waals surface area (Å²) in [6.07, 6.45) is 1.54. The molecule has 0 radical (unpaired) electrons. The lowest BCUT2D eigenvalue weighted by molar-refractivity contribution is 0.472. The summed E-state index contributed by atoms with van der Waals surface area (Å²) in [5.41, 5.74) is -0.429. The van der Waals surface area contributed by atoms with Crippen molar-refractivity contribution in [3.63, 3.8) is 0 Å². The van der Waals surface area contributed by atoms with Crippen molar-refractivity contribution in [3.8, 4) is 0 Å². The minimum absolute atomic E-state index is 0.214. The summed E-state index contributed by atoms with van der Waals surface area (Å²) in [4.78, 5) is 23.1. The minimum Gasteiger partial charge on any atom is -0.301 e. The van der Waals surface area contributed by atoms with Gasteiger partial charge in [0, 0.05) is 25.4 Å². The Morgan fingerprint density at radius 3 is 2.50 bits per heavy atom. The van der Waals surface area contributed by atoms with E-state index in [1.54, 1.807) is 6.20 Å². The monoisotopic (exact) mass is 196 g/mol. The molecular formula is C10H16N2O2. The van der Waals surface area contributed by atoms with Gasteiger partial charge >= 0.3 is 5.69 Å². The maximum Gasteiger partial charge on any atom is 0.330 e. The van der Waals surface area contributed by atoms with Crippen molar-refractivity contribution in [3.05, 3.63) is 33.1 Å². The molecule has 1 rings (SSSR count). The maximum absolute atomic E-state index is 11.7. The molecule has 0 unspecified atom stereocenters. The standard InChI is InChI=1S/C10H16N2O2/c1-4-11-6-5-9(13)12(10(11)14)7-8(2)3/h5-6,8H,4,7H2,1-3H3. The molecule has 1 heterocycles. The highest BCUT2D eigenvalue weighted by molar-refractivity contribution is 4.86. The quantitative estimate of drug-likeness (QED) is 0.713. The van der Waals surface area contributed by atoms with Crippen LogP contribution in [0.15, 0.2) is 21.9 Å². The highest BCUT2D eigenvalue weighted by Gasteiger charge is 2.05. The Balaban J connectivity index is 3.26. The molecule has 0 fully saturated rings. The first-order chi connectivity index (χ1) is 6.56. The SMILES string of the molecule is CCn1ccc(=O)n(CC(C)C)c1=O. The molecule has 0 saturated carbocycles. The van der Waals surface area contributed by atoms with Gasteiger partial charge in [-0.25, -0.2) is 4.79 Å². The third-order valence-corrected chi connectivity index (χ3v) is 2.03. The summed E-state index contributed by atoms with van der Waals surface area (Å²) in [7, 11) is 0. The average molecular weight is 196 g/mol. The van der Waals surface area contributed by atoms with Gasteiger partial charge in [0.1, 0.15) is 0 Å². The summed E-state index contributed by atoms with van der Waals surface area (Å²) >= 11 is 0. The molecule has 4 heteroatoms. The predicted molar refractivity (Wildman–Crippen MR) is 55.5 cm³/mol. The molecule has 0 aromatic carbocycles. The van der Waals surface area contributed by atoms with Gasteiger partial charge in [0.2, 0.25) is 0 Å². The Bertz CT molecular complexity index is 415. The van der Waals surface area contributed by atoms with Crippen LogP contribution in [-0.2, 0) is 13.1 Å². The van der Waals surface area contributed by atoms with Gasteiger partial charge in [-0.15, -0.1) is 0 Å². The zero-order chi connectivity index (χ0) is 10.7. The topological polar surface area (TPSA) is 44.0 Å². The van der Waals surface area contributed by atoms with Gasteiger partial charge in [-0.05, 0) is 12.8 Å². The van der Waals surface area contributed by atoms with Crippen LogP contribution in [0.5, 0.6) is 0 Å². The third-order valence-electron chi connectivity index (χ3n) is 2.03. The first kappa shape index (κ1) is 10.8.